The van der Waals surface area contributed by atoms with Gasteiger partial charge in [-0.05, 0) is 36.8 Å². The second-order valence-electron chi connectivity index (χ2n) is 4.46. The van der Waals surface area contributed by atoms with Gasteiger partial charge in [-0.25, -0.2) is 0 Å². The Balaban J connectivity index is 2.17. The number of hydrogen-bond acceptors (Lipinski definition) is 2. The highest BCUT2D eigenvalue weighted by Gasteiger charge is 2.15. The Labute approximate surface area is 127 Å². The maximum absolute atomic E-state index is 12.2. The Morgan fingerprint density at radius 1 is 1.15 bits per heavy atom. The van der Waals surface area contributed by atoms with Crippen LogP contribution in [0.1, 0.15) is 28.9 Å². The third-order valence-electron chi connectivity index (χ3n) is 2.96. The normalized spacial score (nSPS) is 11.9. The van der Waals surface area contributed by atoms with Gasteiger partial charge < -0.3 is 11.1 Å². The average molecular weight is 309 g/mol. The minimum atomic E-state index is -0.262. The molecule has 0 aliphatic rings. The van der Waals surface area contributed by atoms with Gasteiger partial charge in [-0.2, -0.15) is 0 Å². The lowest BCUT2D eigenvalue weighted by molar-refractivity contribution is 0.0940. The number of nitrogen functional groups attached to an aromatic ring is 1. The number of benzene rings is 2. The zero-order valence-corrected chi connectivity index (χ0v) is 12.4. The van der Waals surface area contributed by atoms with Crippen LogP contribution in [-0.2, 0) is 0 Å². The van der Waals surface area contributed by atoms with Gasteiger partial charge >= 0.3 is 0 Å². The molecular formula is C15H14Cl2N2O. The van der Waals surface area contributed by atoms with E-state index < -0.39 is 0 Å². The molecule has 0 aromatic heterocycles. The van der Waals surface area contributed by atoms with E-state index in [0.717, 1.165) is 5.56 Å². The summed E-state index contributed by atoms with van der Waals surface area (Å²) in [5.74, 6) is -0.262. The molecule has 0 saturated carbocycles. The summed E-state index contributed by atoms with van der Waals surface area (Å²) >= 11 is 12.1. The smallest absolute Gasteiger partial charge is 0.253 e. The quantitative estimate of drug-likeness (QED) is 0.840. The van der Waals surface area contributed by atoms with Crippen LogP contribution in [0.4, 0.5) is 5.69 Å². The second-order valence-corrected chi connectivity index (χ2v) is 5.27. The van der Waals surface area contributed by atoms with Crippen molar-refractivity contribution in [1.82, 2.24) is 5.32 Å². The van der Waals surface area contributed by atoms with Crippen LogP contribution < -0.4 is 11.1 Å². The number of carbonyl (C=O) groups is 1. The van der Waals surface area contributed by atoms with Gasteiger partial charge in [0.15, 0.2) is 0 Å². The van der Waals surface area contributed by atoms with Gasteiger partial charge in [0.05, 0.1) is 16.6 Å². The molecule has 0 spiro atoms. The van der Waals surface area contributed by atoms with Crippen LogP contribution in [-0.4, -0.2) is 5.91 Å². The van der Waals surface area contributed by atoms with E-state index in [1.165, 1.54) is 0 Å². The average Bonchev–Trinajstić information content (AvgIpc) is 2.38. The van der Waals surface area contributed by atoms with Crippen LogP contribution in [0.25, 0.3) is 0 Å². The molecule has 1 atom stereocenters. The summed E-state index contributed by atoms with van der Waals surface area (Å²) in [7, 11) is 0. The molecule has 0 saturated heterocycles. The standard InChI is InChI=1S/C15H14Cl2N2O/c1-9(11-4-2-3-5-13(11)16)19-15(20)12-7-6-10(18)8-14(12)17/h2-9H,18H2,1H3,(H,19,20). The van der Waals surface area contributed by atoms with Gasteiger partial charge in [-0.1, -0.05) is 41.4 Å². The van der Waals surface area contributed by atoms with Gasteiger partial charge in [0.25, 0.3) is 5.91 Å². The Bertz CT molecular complexity index is 644. The Kier molecular flexibility index (Phi) is 4.53. The van der Waals surface area contributed by atoms with Crippen molar-refractivity contribution in [2.24, 2.45) is 0 Å². The number of amides is 1. The molecular weight excluding hydrogens is 295 g/mol. The van der Waals surface area contributed by atoms with Gasteiger partial charge in [0.2, 0.25) is 0 Å². The molecule has 0 fully saturated rings. The summed E-state index contributed by atoms with van der Waals surface area (Å²) in [6.07, 6.45) is 0. The Morgan fingerprint density at radius 3 is 2.50 bits per heavy atom. The number of carbonyl (C=O) groups excluding carboxylic acids is 1. The van der Waals surface area contributed by atoms with Crippen molar-refractivity contribution in [2.75, 3.05) is 5.73 Å². The molecule has 0 aliphatic heterocycles. The van der Waals surface area contributed by atoms with Crippen molar-refractivity contribution in [3.8, 4) is 0 Å². The number of anilines is 1. The lowest BCUT2D eigenvalue weighted by Crippen LogP contribution is -2.27. The van der Waals surface area contributed by atoms with Gasteiger partial charge in [0.1, 0.15) is 0 Å². The van der Waals surface area contributed by atoms with Crippen molar-refractivity contribution in [3.05, 3.63) is 63.6 Å². The highest BCUT2D eigenvalue weighted by Crippen LogP contribution is 2.24. The molecule has 1 unspecified atom stereocenters. The predicted molar refractivity (Wildman–Crippen MR) is 83.2 cm³/mol. The molecule has 104 valence electrons. The number of nitrogens with one attached hydrogen (secondary N) is 1. The van der Waals surface area contributed by atoms with Crippen LogP contribution in [0.3, 0.4) is 0 Å². The Hall–Kier alpha value is -1.71. The molecule has 2 aromatic rings. The predicted octanol–water partition coefficient (Wildman–Crippen LogP) is 4.07. The SMILES string of the molecule is CC(NC(=O)c1ccc(N)cc1Cl)c1ccccc1Cl. The lowest BCUT2D eigenvalue weighted by atomic mass is 10.1. The van der Waals surface area contributed by atoms with Gasteiger partial charge in [-0.3, -0.25) is 4.79 Å². The van der Waals surface area contributed by atoms with Crippen molar-refractivity contribution in [2.45, 2.75) is 13.0 Å². The zero-order valence-electron chi connectivity index (χ0n) is 10.9. The molecule has 3 nitrogen and oxygen atoms in total. The summed E-state index contributed by atoms with van der Waals surface area (Å²) in [5, 5.41) is 3.81. The van der Waals surface area contributed by atoms with Crippen molar-refractivity contribution in [3.63, 3.8) is 0 Å². The molecule has 1 amide bonds. The monoisotopic (exact) mass is 308 g/mol. The fourth-order valence-corrected chi connectivity index (χ4v) is 2.47. The third kappa shape index (κ3) is 3.24. The van der Waals surface area contributed by atoms with Gasteiger partial charge in [0, 0.05) is 10.7 Å². The van der Waals surface area contributed by atoms with E-state index >= 15 is 0 Å². The van der Waals surface area contributed by atoms with Crippen LogP contribution in [0.5, 0.6) is 0 Å². The van der Waals surface area contributed by atoms with E-state index in [-0.39, 0.29) is 11.9 Å². The summed E-state index contributed by atoms with van der Waals surface area (Å²) in [4.78, 5) is 12.2. The number of rotatable bonds is 3. The van der Waals surface area contributed by atoms with Crippen LogP contribution in [0.15, 0.2) is 42.5 Å². The lowest BCUT2D eigenvalue weighted by Gasteiger charge is -2.16. The first kappa shape index (κ1) is 14.7. The van der Waals surface area contributed by atoms with E-state index in [4.69, 9.17) is 28.9 Å². The topological polar surface area (TPSA) is 55.1 Å². The van der Waals surface area contributed by atoms with Crippen molar-refractivity contribution in [1.29, 1.82) is 0 Å². The van der Waals surface area contributed by atoms with E-state index in [9.17, 15) is 4.79 Å². The summed E-state index contributed by atoms with van der Waals surface area (Å²) < 4.78 is 0. The molecule has 2 rings (SSSR count). The zero-order chi connectivity index (χ0) is 14.7. The summed E-state index contributed by atoms with van der Waals surface area (Å²) in [6, 6.07) is 12.0. The number of nitrogens with two attached hydrogens (primary N) is 1. The molecule has 2 aromatic carbocycles. The molecule has 0 heterocycles. The van der Waals surface area contributed by atoms with Crippen molar-refractivity contribution >= 4 is 34.8 Å². The number of hydrogen-bond donors (Lipinski definition) is 2. The fraction of sp³-hybridized carbons (Fsp3) is 0.133. The molecule has 3 N–H and O–H groups in total. The van der Waals surface area contributed by atoms with E-state index in [1.54, 1.807) is 24.3 Å². The van der Waals surface area contributed by atoms with E-state index in [0.29, 0.717) is 21.3 Å². The molecule has 0 aliphatic carbocycles. The van der Waals surface area contributed by atoms with Crippen LogP contribution in [0, 0.1) is 0 Å². The van der Waals surface area contributed by atoms with Crippen LogP contribution in [0.2, 0.25) is 10.0 Å². The fourth-order valence-electron chi connectivity index (χ4n) is 1.89. The minimum absolute atomic E-state index is 0.218. The summed E-state index contributed by atoms with van der Waals surface area (Å²) in [6.45, 7) is 1.87. The minimum Gasteiger partial charge on any atom is -0.399 e. The maximum Gasteiger partial charge on any atom is 0.253 e. The first-order valence-corrected chi connectivity index (χ1v) is 6.85. The summed E-state index contributed by atoms with van der Waals surface area (Å²) in [5.41, 5.74) is 7.37. The Morgan fingerprint density at radius 2 is 1.85 bits per heavy atom. The molecule has 20 heavy (non-hydrogen) atoms. The first-order valence-electron chi connectivity index (χ1n) is 6.09. The first-order chi connectivity index (χ1) is 9.49. The second kappa shape index (κ2) is 6.16. The van der Waals surface area contributed by atoms with E-state index in [1.807, 2.05) is 25.1 Å². The van der Waals surface area contributed by atoms with E-state index in [2.05, 4.69) is 5.32 Å². The highest BCUT2D eigenvalue weighted by molar-refractivity contribution is 6.34. The largest absolute Gasteiger partial charge is 0.399 e. The molecule has 0 bridgehead atoms. The van der Waals surface area contributed by atoms with Crippen LogP contribution >= 0.6 is 23.2 Å². The number of halogens is 2. The maximum atomic E-state index is 12.2. The van der Waals surface area contributed by atoms with Crippen molar-refractivity contribution < 1.29 is 4.79 Å². The molecule has 0 radical (unpaired) electrons. The molecule has 5 heteroatoms. The van der Waals surface area contributed by atoms with Gasteiger partial charge in [-0.15, -0.1) is 0 Å². The third-order valence-corrected chi connectivity index (χ3v) is 3.61. The highest BCUT2D eigenvalue weighted by atomic mass is 35.5.